The molecule has 0 aliphatic carbocycles. The van der Waals surface area contributed by atoms with Crippen molar-refractivity contribution in [1.29, 1.82) is 0 Å². The molecule has 2 heterocycles. The van der Waals surface area contributed by atoms with Gasteiger partial charge >= 0.3 is 0 Å². The summed E-state index contributed by atoms with van der Waals surface area (Å²) in [6.07, 6.45) is 2.54. The Hall–Kier alpha value is -1.31. The normalized spacial score (nSPS) is 24.4. The lowest BCUT2D eigenvalue weighted by molar-refractivity contribution is -0.0817. The van der Waals surface area contributed by atoms with Gasteiger partial charge in [0.15, 0.2) is 5.96 Å². The van der Waals surface area contributed by atoms with E-state index in [2.05, 4.69) is 37.2 Å². The van der Waals surface area contributed by atoms with Gasteiger partial charge in [0.2, 0.25) is 0 Å². The van der Waals surface area contributed by atoms with Gasteiger partial charge in [0.1, 0.15) is 11.9 Å². The molecule has 1 N–H and O–H groups in total. The second-order valence-electron chi connectivity index (χ2n) is 6.26. The van der Waals surface area contributed by atoms with Crippen molar-refractivity contribution in [3.05, 3.63) is 28.2 Å². The molecule has 2 saturated heterocycles. The first-order valence-corrected chi connectivity index (χ1v) is 9.51. The highest BCUT2D eigenvalue weighted by Gasteiger charge is 2.32. The maximum atomic E-state index is 5.93. The summed E-state index contributed by atoms with van der Waals surface area (Å²) in [6.45, 7) is 3.83. The van der Waals surface area contributed by atoms with Gasteiger partial charge in [-0.25, -0.2) is 0 Å². The zero-order valence-electron chi connectivity index (χ0n) is 14.8. The van der Waals surface area contributed by atoms with Crippen LogP contribution in [0.3, 0.4) is 0 Å². The smallest absolute Gasteiger partial charge is 0.194 e. The van der Waals surface area contributed by atoms with Crippen molar-refractivity contribution in [2.75, 3.05) is 40.5 Å². The molecule has 2 unspecified atom stereocenters. The van der Waals surface area contributed by atoms with E-state index in [1.807, 2.05) is 19.2 Å². The highest BCUT2D eigenvalue weighted by Crippen LogP contribution is 2.23. The van der Waals surface area contributed by atoms with E-state index in [1.165, 1.54) is 0 Å². The van der Waals surface area contributed by atoms with Crippen LogP contribution in [0.5, 0.6) is 5.75 Å². The number of halogens is 1. The summed E-state index contributed by atoms with van der Waals surface area (Å²) in [6, 6.07) is 6.00. The van der Waals surface area contributed by atoms with Crippen LogP contribution >= 0.6 is 15.9 Å². The van der Waals surface area contributed by atoms with Gasteiger partial charge in [-0.3, -0.25) is 4.99 Å². The van der Waals surface area contributed by atoms with E-state index >= 15 is 0 Å². The zero-order chi connectivity index (χ0) is 17.6. The molecule has 0 saturated carbocycles. The summed E-state index contributed by atoms with van der Waals surface area (Å²) in [5, 5.41) is 3.45. The lowest BCUT2D eigenvalue weighted by atomic mass is 10.1. The maximum absolute atomic E-state index is 5.93. The average molecular weight is 412 g/mol. The van der Waals surface area contributed by atoms with Gasteiger partial charge in [-0.05, 0) is 31.0 Å². The molecule has 7 heteroatoms. The van der Waals surface area contributed by atoms with E-state index in [0.29, 0.717) is 13.2 Å². The number of morpholine rings is 1. The van der Waals surface area contributed by atoms with Crippen LogP contribution in [0.2, 0.25) is 0 Å². The molecule has 0 aromatic heterocycles. The summed E-state index contributed by atoms with van der Waals surface area (Å²) < 4.78 is 18.2. The minimum absolute atomic E-state index is 0.121. The van der Waals surface area contributed by atoms with Gasteiger partial charge in [-0.15, -0.1) is 0 Å². The number of rotatable bonds is 4. The molecule has 1 aromatic carbocycles. The predicted molar refractivity (Wildman–Crippen MR) is 101 cm³/mol. The Bertz CT molecular complexity index is 605. The van der Waals surface area contributed by atoms with Crippen molar-refractivity contribution in [1.82, 2.24) is 10.2 Å². The summed E-state index contributed by atoms with van der Waals surface area (Å²) in [4.78, 5) is 6.70. The number of nitrogens with zero attached hydrogens (tertiary/aromatic N) is 2. The molecular weight excluding hydrogens is 386 g/mol. The van der Waals surface area contributed by atoms with Crippen molar-refractivity contribution in [3.8, 4) is 5.75 Å². The van der Waals surface area contributed by atoms with E-state index < -0.39 is 0 Å². The number of benzene rings is 1. The highest BCUT2D eigenvalue weighted by molar-refractivity contribution is 9.10. The molecule has 2 atom stereocenters. The van der Waals surface area contributed by atoms with Crippen LogP contribution in [0, 0.1) is 0 Å². The largest absolute Gasteiger partial charge is 0.496 e. The van der Waals surface area contributed by atoms with Crippen molar-refractivity contribution < 1.29 is 14.2 Å². The molecule has 2 fully saturated rings. The highest BCUT2D eigenvalue weighted by atomic mass is 79.9. The second-order valence-corrected chi connectivity index (χ2v) is 7.18. The molecular formula is C18H26BrN3O3. The van der Waals surface area contributed by atoms with Crippen molar-refractivity contribution in [3.63, 3.8) is 0 Å². The minimum atomic E-state index is 0.121. The molecule has 2 aliphatic heterocycles. The van der Waals surface area contributed by atoms with Gasteiger partial charge in [-0.1, -0.05) is 15.9 Å². The topological polar surface area (TPSA) is 55.3 Å². The van der Waals surface area contributed by atoms with Crippen LogP contribution in [-0.2, 0) is 16.0 Å². The maximum Gasteiger partial charge on any atom is 0.194 e. The van der Waals surface area contributed by atoms with Gasteiger partial charge in [-0.2, -0.15) is 0 Å². The summed E-state index contributed by atoms with van der Waals surface area (Å²) in [5.74, 6) is 1.75. The quantitative estimate of drug-likeness (QED) is 0.608. The third-order valence-electron chi connectivity index (χ3n) is 4.66. The van der Waals surface area contributed by atoms with E-state index in [-0.39, 0.29) is 12.2 Å². The average Bonchev–Trinajstić information content (AvgIpc) is 3.17. The number of hydrogen-bond donors (Lipinski definition) is 1. The number of aliphatic imine (C=N–C) groups is 1. The Morgan fingerprint density at radius 1 is 1.36 bits per heavy atom. The van der Waals surface area contributed by atoms with Crippen LogP contribution in [0.25, 0.3) is 0 Å². The fourth-order valence-corrected chi connectivity index (χ4v) is 3.79. The van der Waals surface area contributed by atoms with E-state index in [1.54, 1.807) is 7.11 Å². The molecule has 0 radical (unpaired) electrons. The molecule has 0 bridgehead atoms. The molecule has 6 nitrogen and oxygen atoms in total. The molecule has 0 spiro atoms. The Labute approximate surface area is 157 Å². The van der Waals surface area contributed by atoms with Gasteiger partial charge in [0.05, 0.1) is 19.8 Å². The third kappa shape index (κ3) is 4.65. The van der Waals surface area contributed by atoms with Crippen LogP contribution < -0.4 is 10.1 Å². The fraction of sp³-hybridized carbons (Fsp3) is 0.611. The monoisotopic (exact) mass is 411 g/mol. The van der Waals surface area contributed by atoms with E-state index in [0.717, 1.165) is 54.3 Å². The molecule has 3 rings (SSSR count). The standard InChI is InChI=1S/C18H26BrN3O3/c1-20-18(21-11-13-10-14(19)5-6-15(13)23-2)22-7-9-25-17(12-22)16-4-3-8-24-16/h5-6,10,16-17H,3-4,7-9,11-12H2,1-2H3,(H,20,21). The SMILES string of the molecule is CN=C(NCc1cc(Br)ccc1OC)N1CCOC(C2CCCO2)C1. The third-order valence-corrected chi connectivity index (χ3v) is 5.16. The Morgan fingerprint density at radius 2 is 2.20 bits per heavy atom. The van der Waals surface area contributed by atoms with Gasteiger partial charge in [0.25, 0.3) is 0 Å². The lowest BCUT2D eigenvalue weighted by Gasteiger charge is -2.37. The number of ether oxygens (including phenoxy) is 3. The first-order valence-electron chi connectivity index (χ1n) is 8.72. The van der Waals surface area contributed by atoms with Crippen molar-refractivity contribution in [2.45, 2.75) is 31.6 Å². The summed E-state index contributed by atoms with van der Waals surface area (Å²) >= 11 is 3.52. The lowest BCUT2D eigenvalue weighted by Crippen LogP contribution is -2.53. The van der Waals surface area contributed by atoms with Gasteiger partial charge in [0, 0.05) is 43.3 Å². The fourth-order valence-electron chi connectivity index (χ4n) is 3.38. The van der Waals surface area contributed by atoms with Crippen LogP contribution in [0.4, 0.5) is 0 Å². The Kier molecular flexibility index (Phi) is 6.56. The predicted octanol–water partition coefficient (Wildman–Crippen LogP) is 2.41. The molecule has 138 valence electrons. The second kappa shape index (κ2) is 8.87. The molecule has 25 heavy (non-hydrogen) atoms. The number of methoxy groups -OCH3 is 1. The van der Waals surface area contributed by atoms with Crippen molar-refractivity contribution >= 4 is 21.9 Å². The number of guanidine groups is 1. The Morgan fingerprint density at radius 3 is 2.92 bits per heavy atom. The first-order chi connectivity index (χ1) is 12.2. The van der Waals surface area contributed by atoms with E-state index in [9.17, 15) is 0 Å². The zero-order valence-corrected chi connectivity index (χ0v) is 16.4. The number of hydrogen-bond acceptors (Lipinski definition) is 4. The van der Waals surface area contributed by atoms with Crippen LogP contribution in [0.15, 0.2) is 27.7 Å². The molecule has 1 aromatic rings. The minimum Gasteiger partial charge on any atom is -0.496 e. The first kappa shape index (κ1) is 18.5. The Balaban J connectivity index is 1.61. The molecule has 2 aliphatic rings. The number of nitrogens with one attached hydrogen (secondary N) is 1. The van der Waals surface area contributed by atoms with Crippen LogP contribution in [0.1, 0.15) is 18.4 Å². The van der Waals surface area contributed by atoms with Crippen LogP contribution in [-0.4, -0.2) is 63.5 Å². The summed E-state index contributed by atoms with van der Waals surface area (Å²) in [5.41, 5.74) is 1.09. The van der Waals surface area contributed by atoms with E-state index in [4.69, 9.17) is 14.2 Å². The summed E-state index contributed by atoms with van der Waals surface area (Å²) in [7, 11) is 3.51. The van der Waals surface area contributed by atoms with Gasteiger partial charge < -0.3 is 24.4 Å². The van der Waals surface area contributed by atoms with Crippen molar-refractivity contribution in [2.24, 2.45) is 4.99 Å². The molecule has 0 amide bonds.